The summed E-state index contributed by atoms with van der Waals surface area (Å²) in [4.78, 5) is 0. The molecule has 1 aromatic rings. The molecule has 2 rings (SSSR count). The van der Waals surface area contributed by atoms with E-state index in [0.717, 1.165) is 18.4 Å². The smallest absolute Gasteiger partial charge is 0.0351 e. The molecule has 1 aliphatic carbocycles. The van der Waals surface area contributed by atoms with Crippen LogP contribution in [0.5, 0.6) is 0 Å². The maximum Gasteiger partial charge on any atom is 0.0351 e. The predicted molar refractivity (Wildman–Crippen MR) is 83.5 cm³/mol. The topological polar surface area (TPSA) is 12.0 Å². The van der Waals surface area contributed by atoms with Crippen molar-refractivity contribution in [2.24, 2.45) is 11.8 Å². The van der Waals surface area contributed by atoms with Crippen molar-refractivity contribution in [1.29, 1.82) is 0 Å². The molecule has 0 spiro atoms. The first-order valence-electron chi connectivity index (χ1n) is 7.92. The molecule has 1 fully saturated rings. The van der Waals surface area contributed by atoms with E-state index in [2.05, 4.69) is 51.2 Å². The van der Waals surface area contributed by atoms with Gasteiger partial charge in [-0.15, -0.1) is 0 Å². The molecule has 0 saturated heterocycles. The highest BCUT2D eigenvalue weighted by molar-refractivity contribution is 5.33. The van der Waals surface area contributed by atoms with Gasteiger partial charge in [0.1, 0.15) is 0 Å². The van der Waals surface area contributed by atoms with Gasteiger partial charge in [-0.2, -0.15) is 0 Å². The van der Waals surface area contributed by atoms with Crippen molar-refractivity contribution >= 4 is 0 Å². The fourth-order valence-electron chi connectivity index (χ4n) is 3.56. The minimum Gasteiger partial charge on any atom is -0.310 e. The fraction of sp³-hybridized carbons (Fsp3) is 0.667. The Balaban J connectivity index is 2.21. The molecule has 1 heteroatoms. The predicted octanol–water partition coefficient (Wildman–Crippen LogP) is 4.78. The van der Waals surface area contributed by atoms with Crippen LogP contribution in [0.25, 0.3) is 0 Å². The third-order valence-electron chi connectivity index (χ3n) is 4.58. The van der Waals surface area contributed by atoms with Crippen LogP contribution in [0.15, 0.2) is 18.2 Å². The molecule has 1 aliphatic rings. The van der Waals surface area contributed by atoms with Gasteiger partial charge in [0.15, 0.2) is 0 Å². The molecule has 0 bridgehead atoms. The molecule has 0 aromatic heterocycles. The van der Waals surface area contributed by atoms with Gasteiger partial charge in [0.2, 0.25) is 0 Å². The minimum atomic E-state index is 0.561. The van der Waals surface area contributed by atoms with Gasteiger partial charge in [-0.3, -0.25) is 0 Å². The maximum absolute atomic E-state index is 3.81. The molecule has 3 atom stereocenters. The molecule has 1 nitrogen and oxygen atoms in total. The molecule has 1 aromatic carbocycles. The van der Waals surface area contributed by atoms with Gasteiger partial charge >= 0.3 is 0 Å². The van der Waals surface area contributed by atoms with E-state index in [0.29, 0.717) is 6.04 Å². The number of hydrogen-bond donors (Lipinski definition) is 1. The standard InChI is InChI=1S/C18H29N/c1-5-10-19-18(16-8-6-14(3)12-16)17-9-7-13(2)11-15(17)4/h7,9,11,14,16,18-19H,5-6,8,10,12H2,1-4H3. The van der Waals surface area contributed by atoms with E-state index in [9.17, 15) is 0 Å². The van der Waals surface area contributed by atoms with Gasteiger partial charge in [0.05, 0.1) is 0 Å². The molecule has 0 heterocycles. The van der Waals surface area contributed by atoms with Crippen LogP contribution in [0.4, 0.5) is 0 Å². The molecule has 0 aliphatic heterocycles. The highest BCUT2D eigenvalue weighted by Crippen LogP contribution is 2.39. The molecule has 0 radical (unpaired) electrons. The normalized spacial score (nSPS) is 24.6. The number of aryl methyl sites for hydroxylation is 2. The van der Waals surface area contributed by atoms with Crippen LogP contribution in [0, 0.1) is 25.7 Å². The summed E-state index contributed by atoms with van der Waals surface area (Å²) < 4.78 is 0. The van der Waals surface area contributed by atoms with Crippen LogP contribution < -0.4 is 5.32 Å². The summed E-state index contributed by atoms with van der Waals surface area (Å²) in [5, 5.41) is 3.81. The van der Waals surface area contributed by atoms with Gasteiger partial charge < -0.3 is 5.32 Å². The molecule has 0 amide bonds. The SMILES string of the molecule is CCCNC(c1ccc(C)cc1C)C1CCC(C)C1. The van der Waals surface area contributed by atoms with Crippen LogP contribution in [-0.4, -0.2) is 6.54 Å². The zero-order chi connectivity index (χ0) is 13.8. The third-order valence-corrected chi connectivity index (χ3v) is 4.58. The van der Waals surface area contributed by atoms with Gasteiger partial charge in [0, 0.05) is 6.04 Å². The van der Waals surface area contributed by atoms with Crippen LogP contribution in [0.3, 0.4) is 0 Å². The molecular formula is C18H29N. The molecule has 106 valence electrons. The van der Waals surface area contributed by atoms with Crippen molar-refractivity contribution in [3.05, 3.63) is 34.9 Å². The molecule has 1 N–H and O–H groups in total. The van der Waals surface area contributed by atoms with Crippen molar-refractivity contribution in [3.8, 4) is 0 Å². The lowest BCUT2D eigenvalue weighted by Crippen LogP contribution is -2.28. The van der Waals surface area contributed by atoms with Crippen molar-refractivity contribution < 1.29 is 0 Å². The molecular weight excluding hydrogens is 230 g/mol. The Morgan fingerprint density at radius 2 is 2.05 bits per heavy atom. The van der Waals surface area contributed by atoms with Gasteiger partial charge in [-0.05, 0) is 62.6 Å². The van der Waals surface area contributed by atoms with Crippen LogP contribution in [0.1, 0.15) is 62.3 Å². The number of hydrogen-bond acceptors (Lipinski definition) is 1. The van der Waals surface area contributed by atoms with E-state index in [1.54, 1.807) is 0 Å². The molecule has 3 unspecified atom stereocenters. The Labute approximate surface area is 118 Å². The van der Waals surface area contributed by atoms with E-state index >= 15 is 0 Å². The Morgan fingerprint density at radius 3 is 2.63 bits per heavy atom. The average molecular weight is 259 g/mol. The van der Waals surface area contributed by atoms with E-state index in [1.807, 2.05) is 0 Å². The maximum atomic E-state index is 3.81. The zero-order valence-electron chi connectivity index (χ0n) is 13.0. The van der Waals surface area contributed by atoms with Crippen LogP contribution in [0.2, 0.25) is 0 Å². The number of benzene rings is 1. The Bertz CT molecular complexity index is 410. The second kappa shape index (κ2) is 6.56. The van der Waals surface area contributed by atoms with Crippen molar-refractivity contribution in [2.75, 3.05) is 6.54 Å². The van der Waals surface area contributed by atoms with Gasteiger partial charge in [-0.25, -0.2) is 0 Å². The highest BCUT2D eigenvalue weighted by Gasteiger charge is 2.30. The first kappa shape index (κ1) is 14.6. The van der Waals surface area contributed by atoms with Crippen molar-refractivity contribution in [2.45, 2.75) is 59.4 Å². The number of rotatable bonds is 5. The van der Waals surface area contributed by atoms with E-state index < -0.39 is 0 Å². The number of nitrogens with one attached hydrogen (secondary N) is 1. The summed E-state index contributed by atoms with van der Waals surface area (Å²) in [6, 6.07) is 7.50. The zero-order valence-corrected chi connectivity index (χ0v) is 13.0. The Kier molecular flexibility index (Phi) is 5.04. The summed E-state index contributed by atoms with van der Waals surface area (Å²) in [6.45, 7) is 10.2. The summed E-state index contributed by atoms with van der Waals surface area (Å²) in [7, 11) is 0. The third kappa shape index (κ3) is 3.60. The summed E-state index contributed by atoms with van der Waals surface area (Å²) >= 11 is 0. The van der Waals surface area contributed by atoms with Crippen molar-refractivity contribution in [1.82, 2.24) is 5.32 Å². The van der Waals surface area contributed by atoms with E-state index in [4.69, 9.17) is 0 Å². The average Bonchev–Trinajstić information content (AvgIpc) is 2.78. The fourth-order valence-corrected chi connectivity index (χ4v) is 3.56. The summed E-state index contributed by atoms with van der Waals surface area (Å²) in [5.74, 6) is 1.73. The lowest BCUT2D eigenvalue weighted by molar-refractivity contribution is 0.358. The summed E-state index contributed by atoms with van der Waals surface area (Å²) in [6.07, 6.45) is 5.38. The first-order chi connectivity index (χ1) is 9.11. The van der Waals surface area contributed by atoms with Crippen molar-refractivity contribution in [3.63, 3.8) is 0 Å². The van der Waals surface area contributed by atoms with Gasteiger partial charge in [-0.1, -0.05) is 44.0 Å². The molecule has 19 heavy (non-hydrogen) atoms. The second-order valence-electron chi connectivity index (χ2n) is 6.47. The quantitative estimate of drug-likeness (QED) is 0.802. The summed E-state index contributed by atoms with van der Waals surface area (Å²) in [5.41, 5.74) is 4.35. The highest BCUT2D eigenvalue weighted by atomic mass is 14.9. The molecule has 1 saturated carbocycles. The largest absolute Gasteiger partial charge is 0.310 e. The Hall–Kier alpha value is -0.820. The minimum absolute atomic E-state index is 0.561. The van der Waals surface area contributed by atoms with E-state index in [-0.39, 0.29) is 0 Å². The second-order valence-corrected chi connectivity index (χ2v) is 6.47. The lowest BCUT2D eigenvalue weighted by atomic mass is 9.88. The van der Waals surface area contributed by atoms with E-state index in [1.165, 1.54) is 42.4 Å². The van der Waals surface area contributed by atoms with Crippen LogP contribution >= 0.6 is 0 Å². The van der Waals surface area contributed by atoms with Gasteiger partial charge in [0.25, 0.3) is 0 Å². The lowest BCUT2D eigenvalue weighted by Gasteiger charge is -2.27. The first-order valence-corrected chi connectivity index (χ1v) is 7.92. The monoisotopic (exact) mass is 259 g/mol. The Morgan fingerprint density at radius 1 is 1.26 bits per heavy atom. The van der Waals surface area contributed by atoms with Crippen LogP contribution in [-0.2, 0) is 0 Å².